The fraction of sp³-hybridized carbons (Fsp3) is 0.250. The van der Waals surface area contributed by atoms with E-state index in [0.29, 0.717) is 18.9 Å². The summed E-state index contributed by atoms with van der Waals surface area (Å²) >= 11 is 0. The van der Waals surface area contributed by atoms with E-state index < -0.39 is 0 Å². The first-order valence-electron chi connectivity index (χ1n) is 5.34. The minimum atomic E-state index is 0.401. The Bertz CT molecular complexity index is 541. The molecule has 0 aliphatic heterocycles. The molecule has 0 aliphatic carbocycles. The van der Waals surface area contributed by atoms with Gasteiger partial charge in [-0.15, -0.1) is 0 Å². The molecule has 0 radical (unpaired) electrons. The molecule has 1 heterocycles. The number of aryl methyl sites for hydroxylation is 1. The van der Waals surface area contributed by atoms with Crippen molar-refractivity contribution in [3.05, 3.63) is 52.2 Å². The van der Waals surface area contributed by atoms with Crippen LogP contribution in [0.3, 0.4) is 0 Å². The number of azide groups is 1. The number of rotatable bonds is 4. The Labute approximate surface area is 98.7 Å². The van der Waals surface area contributed by atoms with Gasteiger partial charge in [-0.1, -0.05) is 23.3 Å². The summed E-state index contributed by atoms with van der Waals surface area (Å²) in [5, 5.41) is 3.49. The molecule has 86 valence electrons. The topological polar surface area (TPSA) is 74.8 Å². The Kier molecular flexibility index (Phi) is 3.43. The summed E-state index contributed by atoms with van der Waals surface area (Å²) in [7, 11) is 0. The smallest absolute Gasteiger partial charge is 0.226 e. The average molecular weight is 228 g/mol. The summed E-state index contributed by atoms with van der Waals surface area (Å²) in [6.45, 7) is 2.27. The highest BCUT2D eigenvalue weighted by Crippen LogP contribution is 2.21. The Hall–Kier alpha value is -2.26. The molecule has 2 aromatic rings. The highest BCUT2D eigenvalue weighted by atomic mass is 16.4. The number of hydrogen-bond acceptors (Lipinski definition) is 3. The molecule has 5 nitrogen and oxygen atoms in total. The molecule has 1 aromatic carbocycles. The SMILES string of the molecule is Cc1oc(-c2ccccc2)nc1CCN=[N+]=[N-]. The van der Waals surface area contributed by atoms with Crippen LogP contribution in [0.1, 0.15) is 11.5 Å². The molecule has 2 rings (SSSR count). The highest BCUT2D eigenvalue weighted by molar-refractivity contribution is 5.53. The third kappa shape index (κ3) is 2.65. The lowest BCUT2D eigenvalue weighted by molar-refractivity contribution is 0.539. The normalized spacial score (nSPS) is 9.94. The monoisotopic (exact) mass is 228 g/mol. The lowest BCUT2D eigenvalue weighted by atomic mass is 10.2. The van der Waals surface area contributed by atoms with Gasteiger partial charge in [0.1, 0.15) is 5.76 Å². The van der Waals surface area contributed by atoms with Crippen molar-refractivity contribution in [3.63, 3.8) is 0 Å². The standard InChI is InChI=1S/C12H12N4O/c1-9-11(7-8-14-16-13)15-12(17-9)10-5-3-2-4-6-10/h2-6H,7-8H2,1H3. The van der Waals surface area contributed by atoms with Crippen LogP contribution in [0, 0.1) is 6.92 Å². The second kappa shape index (κ2) is 5.18. The molecular formula is C12H12N4O. The lowest BCUT2D eigenvalue weighted by Gasteiger charge is -1.92. The van der Waals surface area contributed by atoms with Crippen molar-refractivity contribution in [2.45, 2.75) is 13.3 Å². The third-order valence-corrected chi connectivity index (χ3v) is 2.43. The van der Waals surface area contributed by atoms with Gasteiger partial charge in [-0.25, -0.2) is 4.98 Å². The van der Waals surface area contributed by atoms with E-state index in [1.54, 1.807) is 0 Å². The fourth-order valence-electron chi connectivity index (χ4n) is 1.56. The van der Waals surface area contributed by atoms with Crippen molar-refractivity contribution >= 4 is 0 Å². The van der Waals surface area contributed by atoms with Crippen LogP contribution in [-0.4, -0.2) is 11.5 Å². The second-order valence-corrected chi connectivity index (χ2v) is 3.59. The van der Waals surface area contributed by atoms with E-state index in [2.05, 4.69) is 15.0 Å². The number of hydrogen-bond donors (Lipinski definition) is 0. The van der Waals surface area contributed by atoms with E-state index in [9.17, 15) is 0 Å². The van der Waals surface area contributed by atoms with E-state index in [4.69, 9.17) is 9.95 Å². The molecule has 0 spiro atoms. The van der Waals surface area contributed by atoms with E-state index in [1.165, 1.54) is 0 Å². The first kappa shape index (κ1) is 11.2. The molecule has 0 aliphatic rings. The van der Waals surface area contributed by atoms with E-state index in [1.807, 2.05) is 37.3 Å². The second-order valence-electron chi connectivity index (χ2n) is 3.59. The van der Waals surface area contributed by atoms with Crippen molar-refractivity contribution in [1.82, 2.24) is 4.98 Å². The van der Waals surface area contributed by atoms with Gasteiger partial charge in [0.2, 0.25) is 5.89 Å². The largest absolute Gasteiger partial charge is 0.441 e. The molecule has 17 heavy (non-hydrogen) atoms. The molecule has 0 amide bonds. The van der Waals surface area contributed by atoms with E-state index in [0.717, 1.165) is 17.0 Å². The first-order valence-corrected chi connectivity index (χ1v) is 5.34. The number of oxazole rings is 1. The fourth-order valence-corrected chi connectivity index (χ4v) is 1.56. The van der Waals surface area contributed by atoms with Crippen molar-refractivity contribution in [1.29, 1.82) is 0 Å². The average Bonchev–Trinajstić information content (AvgIpc) is 2.73. The van der Waals surface area contributed by atoms with Gasteiger partial charge in [0, 0.05) is 17.0 Å². The Morgan fingerprint density at radius 2 is 2.12 bits per heavy atom. The molecule has 0 bridgehead atoms. The Balaban J connectivity index is 2.21. The molecule has 0 N–H and O–H groups in total. The van der Waals surface area contributed by atoms with Crippen molar-refractivity contribution in [3.8, 4) is 11.5 Å². The number of benzene rings is 1. The summed E-state index contributed by atoms with van der Waals surface area (Å²) in [5.41, 5.74) is 10.0. The van der Waals surface area contributed by atoms with Gasteiger partial charge in [-0.3, -0.25) is 0 Å². The molecule has 0 atom stereocenters. The van der Waals surface area contributed by atoms with Gasteiger partial charge in [0.25, 0.3) is 0 Å². The molecule has 1 aromatic heterocycles. The van der Waals surface area contributed by atoms with Gasteiger partial charge in [-0.2, -0.15) is 0 Å². The summed E-state index contributed by atoms with van der Waals surface area (Å²) in [6, 6.07) is 9.72. The van der Waals surface area contributed by atoms with Gasteiger partial charge < -0.3 is 4.42 Å². The zero-order valence-electron chi connectivity index (χ0n) is 9.50. The summed E-state index contributed by atoms with van der Waals surface area (Å²) in [5.74, 6) is 1.39. The summed E-state index contributed by atoms with van der Waals surface area (Å²) < 4.78 is 5.59. The van der Waals surface area contributed by atoms with E-state index in [-0.39, 0.29) is 0 Å². The van der Waals surface area contributed by atoms with Crippen LogP contribution in [0.15, 0.2) is 39.9 Å². The summed E-state index contributed by atoms with van der Waals surface area (Å²) in [4.78, 5) is 7.11. The maximum Gasteiger partial charge on any atom is 0.226 e. The highest BCUT2D eigenvalue weighted by Gasteiger charge is 2.10. The zero-order chi connectivity index (χ0) is 12.1. The van der Waals surface area contributed by atoms with Crippen LogP contribution >= 0.6 is 0 Å². The van der Waals surface area contributed by atoms with Crippen molar-refractivity contribution < 1.29 is 4.42 Å². The van der Waals surface area contributed by atoms with Gasteiger partial charge >= 0.3 is 0 Å². The van der Waals surface area contributed by atoms with Gasteiger partial charge in [-0.05, 0) is 31.0 Å². The quantitative estimate of drug-likeness (QED) is 0.456. The lowest BCUT2D eigenvalue weighted by Crippen LogP contribution is -1.91. The third-order valence-electron chi connectivity index (χ3n) is 2.43. The first-order chi connectivity index (χ1) is 8.31. The zero-order valence-corrected chi connectivity index (χ0v) is 9.50. The van der Waals surface area contributed by atoms with Crippen LogP contribution in [0.25, 0.3) is 21.9 Å². The molecule has 0 fully saturated rings. The van der Waals surface area contributed by atoms with E-state index >= 15 is 0 Å². The molecule has 5 heteroatoms. The van der Waals surface area contributed by atoms with Crippen LogP contribution in [0.4, 0.5) is 0 Å². The summed E-state index contributed by atoms with van der Waals surface area (Å²) in [6.07, 6.45) is 0.603. The van der Waals surface area contributed by atoms with Crippen LogP contribution in [0.5, 0.6) is 0 Å². The predicted molar refractivity (Wildman–Crippen MR) is 64.4 cm³/mol. The molecule has 0 saturated heterocycles. The maximum atomic E-state index is 8.21. The number of nitrogens with zero attached hydrogens (tertiary/aromatic N) is 4. The Morgan fingerprint density at radius 1 is 1.35 bits per heavy atom. The molecule has 0 unspecified atom stereocenters. The van der Waals surface area contributed by atoms with Crippen molar-refractivity contribution in [2.75, 3.05) is 6.54 Å². The minimum Gasteiger partial charge on any atom is -0.441 e. The molecule has 0 saturated carbocycles. The van der Waals surface area contributed by atoms with Crippen LogP contribution in [-0.2, 0) is 6.42 Å². The van der Waals surface area contributed by atoms with Gasteiger partial charge in [0.15, 0.2) is 0 Å². The molecular weight excluding hydrogens is 216 g/mol. The van der Waals surface area contributed by atoms with Crippen LogP contribution in [0.2, 0.25) is 0 Å². The van der Waals surface area contributed by atoms with Crippen molar-refractivity contribution in [2.24, 2.45) is 5.11 Å². The van der Waals surface area contributed by atoms with Gasteiger partial charge in [0.05, 0.1) is 5.69 Å². The minimum absolute atomic E-state index is 0.401. The number of aromatic nitrogens is 1. The maximum absolute atomic E-state index is 8.21. The Morgan fingerprint density at radius 3 is 2.82 bits per heavy atom. The predicted octanol–water partition coefficient (Wildman–Crippen LogP) is 3.50. The van der Waals surface area contributed by atoms with Crippen LogP contribution < -0.4 is 0 Å².